The van der Waals surface area contributed by atoms with Gasteiger partial charge in [-0.3, -0.25) is 0 Å². The van der Waals surface area contributed by atoms with E-state index in [1.165, 1.54) is 23.2 Å². The molecule has 0 bridgehead atoms. The van der Waals surface area contributed by atoms with Gasteiger partial charge in [0.2, 0.25) is 0 Å². The van der Waals surface area contributed by atoms with Gasteiger partial charge in [-0.1, -0.05) is 24.6 Å². The Morgan fingerprint density at radius 3 is 3.14 bits per heavy atom. The third-order valence-electron chi connectivity index (χ3n) is 2.78. The van der Waals surface area contributed by atoms with Crippen LogP contribution in [0.4, 0.5) is 5.69 Å². The van der Waals surface area contributed by atoms with Gasteiger partial charge in [-0.05, 0) is 31.5 Å². The lowest BCUT2D eigenvalue weighted by Crippen LogP contribution is -2.28. The first-order valence-corrected chi connectivity index (χ1v) is 5.39. The monoisotopic (exact) mass is 190 g/mol. The van der Waals surface area contributed by atoms with Crippen LogP contribution in [0, 0.1) is 6.92 Å². The molecule has 2 nitrogen and oxygen atoms in total. The van der Waals surface area contributed by atoms with E-state index in [-0.39, 0.29) is 0 Å². The number of nitrogens with one attached hydrogen (secondary N) is 2. The minimum Gasteiger partial charge on any atom is -0.385 e. The molecular weight excluding hydrogens is 172 g/mol. The highest BCUT2D eigenvalue weighted by molar-refractivity contribution is 5.55. The third kappa shape index (κ3) is 1.75. The average molecular weight is 190 g/mol. The van der Waals surface area contributed by atoms with E-state index < -0.39 is 0 Å². The molecule has 1 aliphatic rings. The normalized spacial score (nSPS) is 20.0. The maximum atomic E-state index is 3.53. The van der Waals surface area contributed by atoms with E-state index in [0.29, 0.717) is 6.04 Å². The Hall–Kier alpha value is -1.02. The van der Waals surface area contributed by atoms with E-state index in [9.17, 15) is 0 Å². The SMILES string of the molecule is CCNC1CCNc2ccc(C)cc21. The molecule has 2 rings (SSSR count). The van der Waals surface area contributed by atoms with Crippen molar-refractivity contribution >= 4 is 5.69 Å². The Morgan fingerprint density at radius 2 is 2.36 bits per heavy atom. The Kier molecular flexibility index (Phi) is 2.73. The number of anilines is 1. The van der Waals surface area contributed by atoms with Gasteiger partial charge in [0, 0.05) is 18.3 Å². The van der Waals surface area contributed by atoms with E-state index in [0.717, 1.165) is 13.1 Å². The fourth-order valence-electron chi connectivity index (χ4n) is 2.10. The first kappa shape index (κ1) is 9.53. The van der Waals surface area contributed by atoms with Gasteiger partial charge >= 0.3 is 0 Å². The number of fused-ring (bicyclic) bond motifs is 1. The number of benzene rings is 1. The van der Waals surface area contributed by atoms with Crippen LogP contribution in [-0.2, 0) is 0 Å². The summed E-state index contributed by atoms with van der Waals surface area (Å²) in [6.45, 7) is 6.43. The Balaban J connectivity index is 2.32. The van der Waals surface area contributed by atoms with Gasteiger partial charge in [-0.2, -0.15) is 0 Å². The van der Waals surface area contributed by atoms with Gasteiger partial charge in [0.05, 0.1) is 0 Å². The summed E-state index contributed by atoms with van der Waals surface area (Å²) < 4.78 is 0. The van der Waals surface area contributed by atoms with Crippen molar-refractivity contribution in [2.45, 2.75) is 26.3 Å². The molecule has 0 amide bonds. The highest BCUT2D eigenvalue weighted by atomic mass is 15.0. The smallest absolute Gasteiger partial charge is 0.0388 e. The van der Waals surface area contributed by atoms with Crippen molar-refractivity contribution in [3.8, 4) is 0 Å². The van der Waals surface area contributed by atoms with E-state index >= 15 is 0 Å². The van der Waals surface area contributed by atoms with Gasteiger partial charge in [-0.15, -0.1) is 0 Å². The third-order valence-corrected chi connectivity index (χ3v) is 2.78. The zero-order valence-electron chi connectivity index (χ0n) is 8.93. The standard InChI is InChI=1S/C12H18N2/c1-3-13-12-6-7-14-11-5-4-9(2)8-10(11)12/h4-5,8,12-14H,3,6-7H2,1-2H3. The van der Waals surface area contributed by atoms with Crippen LogP contribution >= 0.6 is 0 Å². The van der Waals surface area contributed by atoms with E-state index in [1.807, 2.05) is 0 Å². The lowest BCUT2D eigenvalue weighted by Gasteiger charge is -2.27. The van der Waals surface area contributed by atoms with Crippen molar-refractivity contribution in [3.63, 3.8) is 0 Å². The topological polar surface area (TPSA) is 24.1 Å². The Morgan fingerprint density at radius 1 is 1.50 bits per heavy atom. The molecule has 2 heteroatoms. The van der Waals surface area contributed by atoms with Crippen LogP contribution in [0.5, 0.6) is 0 Å². The largest absolute Gasteiger partial charge is 0.385 e. The molecule has 1 aromatic carbocycles. The zero-order valence-corrected chi connectivity index (χ0v) is 8.93. The van der Waals surface area contributed by atoms with Crippen LogP contribution < -0.4 is 10.6 Å². The van der Waals surface area contributed by atoms with E-state index in [1.54, 1.807) is 0 Å². The molecule has 1 aliphatic heterocycles. The molecule has 0 saturated carbocycles. The molecular formula is C12H18N2. The van der Waals surface area contributed by atoms with Crippen molar-refractivity contribution < 1.29 is 0 Å². The van der Waals surface area contributed by atoms with Gasteiger partial charge in [-0.25, -0.2) is 0 Å². The maximum Gasteiger partial charge on any atom is 0.0388 e. The predicted molar refractivity (Wildman–Crippen MR) is 60.7 cm³/mol. The van der Waals surface area contributed by atoms with Crippen molar-refractivity contribution in [1.82, 2.24) is 5.32 Å². The molecule has 0 fully saturated rings. The molecule has 0 aromatic heterocycles. The van der Waals surface area contributed by atoms with Crippen LogP contribution in [0.2, 0.25) is 0 Å². The van der Waals surface area contributed by atoms with Crippen molar-refractivity contribution in [2.24, 2.45) is 0 Å². The minimum absolute atomic E-state index is 0.538. The molecule has 1 heterocycles. The first-order valence-electron chi connectivity index (χ1n) is 5.39. The number of hydrogen-bond donors (Lipinski definition) is 2. The predicted octanol–water partition coefficient (Wildman–Crippen LogP) is 2.46. The molecule has 0 aliphatic carbocycles. The summed E-state index contributed by atoms with van der Waals surface area (Å²) >= 11 is 0. The minimum atomic E-state index is 0.538. The summed E-state index contributed by atoms with van der Waals surface area (Å²) in [4.78, 5) is 0. The molecule has 0 saturated heterocycles. The van der Waals surface area contributed by atoms with Gasteiger partial charge in [0.1, 0.15) is 0 Å². The zero-order chi connectivity index (χ0) is 9.97. The fraction of sp³-hybridized carbons (Fsp3) is 0.500. The number of aryl methyl sites for hydroxylation is 1. The average Bonchev–Trinajstić information content (AvgIpc) is 2.19. The second-order valence-electron chi connectivity index (χ2n) is 3.92. The lowest BCUT2D eigenvalue weighted by atomic mass is 9.96. The molecule has 1 aromatic rings. The van der Waals surface area contributed by atoms with E-state index in [4.69, 9.17) is 0 Å². The summed E-state index contributed by atoms with van der Waals surface area (Å²) in [5.74, 6) is 0. The van der Waals surface area contributed by atoms with Crippen LogP contribution in [-0.4, -0.2) is 13.1 Å². The maximum absolute atomic E-state index is 3.53. The highest BCUT2D eigenvalue weighted by Gasteiger charge is 2.18. The summed E-state index contributed by atoms with van der Waals surface area (Å²) in [5.41, 5.74) is 4.07. The Labute approximate surface area is 85.7 Å². The van der Waals surface area contributed by atoms with Crippen molar-refractivity contribution in [1.29, 1.82) is 0 Å². The van der Waals surface area contributed by atoms with Crippen molar-refractivity contribution in [3.05, 3.63) is 29.3 Å². The second kappa shape index (κ2) is 4.01. The van der Waals surface area contributed by atoms with Crippen molar-refractivity contribution in [2.75, 3.05) is 18.4 Å². The molecule has 2 N–H and O–H groups in total. The van der Waals surface area contributed by atoms with Crippen LogP contribution in [0.25, 0.3) is 0 Å². The molecule has 76 valence electrons. The molecule has 0 spiro atoms. The van der Waals surface area contributed by atoms with Gasteiger partial charge in [0.15, 0.2) is 0 Å². The fourth-order valence-corrected chi connectivity index (χ4v) is 2.10. The molecule has 0 radical (unpaired) electrons. The molecule has 1 atom stereocenters. The Bertz CT molecular complexity index is 320. The first-order chi connectivity index (χ1) is 6.81. The quantitative estimate of drug-likeness (QED) is 0.748. The number of hydrogen-bond acceptors (Lipinski definition) is 2. The summed E-state index contributed by atoms with van der Waals surface area (Å²) in [6, 6.07) is 7.18. The van der Waals surface area contributed by atoms with Crippen LogP contribution in [0.15, 0.2) is 18.2 Å². The molecule has 14 heavy (non-hydrogen) atoms. The van der Waals surface area contributed by atoms with Crippen LogP contribution in [0.3, 0.4) is 0 Å². The second-order valence-corrected chi connectivity index (χ2v) is 3.92. The van der Waals surface area contributed by atoms with Gasteiger partial charge in [0.25, 0.3) is 0 Å². The summed E-state index contributed by atoms with van der Waals surface area (Å²) in [7, 11) is 0. The highest BCUT2D eigenvalue weighted by Crippen LogP contribution is 2.30. The lowest BCUT2D eigenvalue weighted by molar-refractivity contribution is 0.517. The summed E-state index contributed by atoms with van der Waals surface area (Å²) in [5, 5.41) is 6.97. The van der Waals surface area contributed by atoms with Gasteiger partial charge < -0.3 is 10.6 Å². The van der Waals surface area contributed by atoms with Crippen LogP contribution in [0.1, 0.15) is 30.5 Å². The number of rotatable bonds is 2. The summed E-state index contributed by atoms with van der Waals surface area (Å²) in [6.07, 6.45) is 1.18. The van der Waals surface area contributed by atoms with E-state index in [2.05, 4.69) is 42.7 Å². The molecule has 1 unspecified atom stereocenters.